The molecule has 0 heterocycles. The van der Waals surface area contributed by atoms with Gasteiger partial charge in [0.2, 0.25) is 5.96 Å². The SMILES string of the molecule is CC(C)(C)N(C(=O)O)C(=NCCCCCCCCN)N(C(=O)O)C(C)(C)C. The van der Waals surface area contributed by atoms with Crippen molar-refractivity contribution in [1.29, 1.82) is 0 Å². The molecule has 8 nitrogen and oxygen atoms in total. The number of unbranched alkanes of at least 4 members (excludes halogenated alkanes) is 5. The van der Waals surface area contributed by atoms with E-state index in [0.717, 1.165) is 48.3 Å². The standard InChI is InChI=1S/C19H38N4O4/c1-18(2,3)22(16(24)25)15(23(17(26)27)19(4,5)6)21-14-12-10-8-7-9-11-13-20/h7-14,20H2,1-6H3,(H,24,25)(H,26,27). The van der Waals surface area contributed by atoms with Crippen molar-refractivity contribution in [3.05, 3.63) is 0 Å². The summed E-state index contributed by atoms with van der Waals surface area (Å²) in [5, 5.41) is 19.4. The maximum absolute atomic E-state index is 11.9. The van der Waals surface area contributed by atoms with Crippen molar-refractivity contribution in [3.8, 4) is 0 Å². The molecule has 0 aliphatic rings. The van der Waals surface area contributed by atoms with E-state index in [9.17, 15) is 19.8 Å². The number of nitrogens with two attached hydrogens (primary N) is 1. The molecule has 0 unspecified atom stereocenters. The summed E-state index contributed by atoms with van der Waals surface area (Å²) in [5.74, 6) is -0.0434. The Hall–Kier alpha value is -1.83. The fraction of sp³-hybridized carbons (Fsp3) is 0.842. The Balaban J connectivity index is 5.41. The normalized spacial score (nSPS) is 11.8. The van der Waals surface area contributed by atoms with Gasteiger partial charge in [-0.1, -0.05) is 25.7 Å². The van der Waals surface area contributed by atoms with Gasteiger partial charge in [0.15, 0.2) is 0 Å². The van der Waals surface area contributed by atoms with Crippen molar-refractivity contribution in [2.75, 3.05) is 13.1 Å². The number of nitrogens with zero attached hydrogens (tertiary/aromatic N) is 3. The fourth-order valence-corrected chi connectivity index (χ4v) is 2.73. The Morgan fingerprint density at radius 1 is 0.778 bits per heavy atom. The largest absolute Gasteiger partial charge is 0.465 e. The second-order valence-electron chi connectivity index (χ2n) is 8.67. The van der Waals surface area contributed by atoms with E-state index in [0.29, 0.717) is 13.1 Å². The first-order chi connectivity index (χ1) is 12.3. The van der Waals surface area contributed by atoms with Crippen LogP contribution >= 0.6 is 0 Å². The molecule has 158 valence electrons. The predicted molar refractivity (Wildman–Crippen MR) is 108 cm³/mol. The summed E-state index contributed by atoms with van der Waals surface area (Å²) in [6.07, 6.45) is 3.61. The Morgan fingerprint density at radius 3 is 1.48 bits per heavy atom. The average molecular weight is 387 g/mol. The second kappa shape index (κ2) is 11.1. The summed E-state index contributed by atoms with van der Waals surface area (Å²) in [6, 6.07) is 0. The molecule has 2 amide bonds. The van der Waals surface area contributed by atoms with Crippen LogP contribution in [0.4, 0.5) is 9.59 Å². The number of carboxylic acid groups (broad SMARTS) is 2. The fourth-order valence-electron chi connectivity index (χ4n) is 2.73. The molecule has 0 aromatic rings. The van der Waals surface area contributed by atoms with Gasteiger partial charge in [-0.3, -0.25) is 4.99 Å². The van der Waals surface area contributed by atoms with E-state index in [1.54, 1.807) is 41.5 Å². The first kappa shape index (κ1) is 25.2. The van der Waals surface area contributed by atoms with E-state index in [2.05, 4.69) is 4.99 Å². The summed E-state index contributed by atoms with van der Waals surface area (Å²) in [7, 11) is 0. The van der Waals surface area contributed by atoms with Crippen molar-refractivity contribution in [2.24, 2.45) is 10.7 Å². The van der Waals surface area contributed by atoms with Crippen molar-refractivity contribution in [2.45, 2.75) is 91.1 Å². The quantitative estimate of drug-likeness (QED) is 0.328. The van der Waals surface area contributed by atoms with Gasteiger partial charge in [-0.25, -0.2) is 19.4 Å². The van der Waals surface area contributed by atoms with E-state index in [1.165, 1.54) is 0 Å². The Kier molecular flexibility index (Phi) is 10.4. The molecule has 0 saturated heterocycles. The number of aliphatic imine (C=N–C) groups is 1. The van der Waals surface area contributed by atoms with Crippen LogP contribution in [0.1, 0.15) is 80.1 Å². The van der Waals surface area contributed by atoms with E-state index < -0.39 is 23.3 Å². The zero-order valence-electron chi connectivity index (χ0n) is 17.8. The second-order valence-corrected chi connectivity index (χ2v) is 8.67. The predicted octanol–water partition coefficient (Wildman–Crippen LogP) is 4.20. The first-order valence-electron chi connectivity index (χ1n) is 9.65. The number of rotatable bonds is 8. The smallest absolute Gasteiger partial charge is 0.414 e. The highest BCUT2D eigenvalue weighted by molar-refractivity contribution is 6.01. The Labute approximate surface area is 163 Å². The third-order valence-electron chi connectivity index (χ3n) is 3.99. The van der Waals surface area contributed by atoms with Crippen LogP contribution in [0, 0.1) is 0 Å². The molecule has 0 aliphatic carbocycles. The minimum atomic E-state index is -1.22. The molecule has 0 aliphatic heterocycles. The van der Waals surface area contributed by atoms with Crippen molar-refractivity contribution >= 4 is 18.1 Å². The zero-order chi connectivity index (χ0) is 21.3. The maximum Gasteiger partial charge on any atom is 0.414 e. The third kappa shape index (κ3) is 9.08. The van der Waals surface area contributed by atoms with Crippen LogP contribution in [0.5, 0.6) is 0 Å². The van der Waals surface area contributed by atoms with Crippen LogP contribution < -0.4 is 5.73 Å². The number of hydrogen-bond donors (Lipinski definition) is 3. The average Bonchev–Trinajstić information content (AvgIpc) is 2.46. The van der Waals surface area contributed by atoms with E-state index in [1.807, 2.05) is 0 Å². The van der Waals surface area contributed by atoms with Crippen LogP contribution in [0.2, 0.25) is 0 Å². The Morgan fingerprint density at radius 2 is 1.15 bits per heavy atom. The number of guanidine groups is 1. The van der Waals surface area contributed by atoms with Crippen LogP contribution in [-0.4, -0.2) is 62.3 Å². The van der Waals surface area contributed by atoms with Gasteiger partial charge in [0.25, 0.3) is 0 Å². The van der Waals surface area contributed by atoms with Gasteiger partial charge in [0.05, 0.1) is 0 Å². The Bertz CT molecular complexity index is 473. The summed E-state index contributed by atoms with van der Waals surface area (Å²) < 4.78 is 0. The summed E-state index contributed by atoms with van der Waals surface area (Å²) in [5.41, 5.74) is 3.82. The number of carbonyl (C=O) groups is 2. The van der Waals surface area contributed by atoms with Gasteiger partial charge in [-0.15, -0.1) is 0 Å². The molecule has 0 atom stereocenters. The molecule has 8 heteroatoms. The molecule has 0 rings (SSSR count). The van der Waals surface area contributed by atoms with E-state index in [4.69, 9.17) is 5.73 Å². The monoisotopic (exact) mass is 386 g/mol. The number of amides is 2. The van der Waals surface area contributed by atoms with Crippen molar-refractivity contribution in [3.63, 3.8) is 0 Å². The van der Waals surface area contributed by atoms with Crippen LogP contribution in [-0.2, 0) is 0 Å². The van der Waals surface area contributed by atoms with Gasteiger partial charge in [-0.05, 0) is 60.9 Å². The van der Waals surface area contributed by atoms with Gasteiger partial charge >= 0.3 is 12.2 Å². The minimum absolute atomic E-state index is 0.0434. The molecule has 0 saturated carbocycles. The van der Waals surface area contributed by atoms with Crippen molar-refractivity contribution < 1.29 is 19.8 Å². The molecule has 0 aromatic heterocycles. The van der Waals surface area contributed by atoms with Gasteiger partial charge in [0, 0.05) is 17.6 Å². The highest BCUT2D eigenvalue weighted by Crippen LogP contribution is 2.22. The summed E-state index contributed by atoms with van der Waals surface area (Å²) in [6.45, 7) is 11.4. The van der Waals surface area contributed by atoms with Gasteiger partial charge in [0.1, 0.15) is 0 Å². The zero-order valence-corrected chi connectivity index (χ0v) is 17.8. The van der Waals surface area contributed by atoms with E-state index in [-0.39, 0.29) is 5.96 Å². The minimum Gasteiger partial charge on any atom is -0.465 e. The molecule has 0 radical (unpaired) electrons. The van der Waals surface area contributed by atoms with E-state index >= 15 is 0 Å². The molecule has 0 bridgehead atoms. The highest BCUT2D eigenvalue weighted by atomic mass is 16.4. The molecule has 27 heavy (non-hydrogen) atoms. The molecule has 0 fully saturated rings. The van der Waals surface area contributed by atoms with Crippen molar-refractivity contribution in [1.82, 2.24) is 9.80 Å². The lowest BCUT2D eigenvalue weighted by molar-refractivity contribution is 0.109. The number of hydrogen-bond acceptors (Lipinski definition) is 4. The molecule has 0 aromatic carbocycles. The first-order valence-corrected chi connectivity index (χ1v) is 9.65. The van der Waals surface area contributed by atoms with Crippen LogP contribution in [0.3, 0.4) is 0 Å². The summed E-state index contributed by atoms with van der Waals surface area (Å²) >= 11 is 0. The lowest BCUT2D eigenvalue weighted by atomic mass is 10.0. The highest BCUT2D eigenvalue weighted by Gasteiger charge is 2.40. The van der Waals surface area contributed by atoms with Gasteiger partial charge < -0.3 is 15.9 Å². The topological polar surface area (TPSA) is 119 Å². The summed E-state index contributed by atoms with van der Waals surface area (Å²) in [4.78, 5) is 30.3. The molecular formula is C19H38N4O4. The maximum atomic E-state index is 11.9. The lowest BCUT2D eigenvalue weighted by Gasteiger charge is -2.41. The van der Waals surface area contributed by atoms with Crippen LogP contribution in [0.25, 0.3) is 0 Å². The lowest BCUT2D eigenvalue weighted by Crippen LogP contribution is -2.60. The molecule has 0 spiro atoms. The molecular weight excluding hydrogens is 348 g/mol. The molecule has 4 N–H and O–H groups in total. The third-order valence-corrected chi connectivity index (χ3v) is 3.99. The van der Waals surface area contributed by atoms with Gasteiger partial charge in [-0.2, -0.15) is 0 Å². The van der Waals surface area contributed by atoms with Crippen LogP contribution in [0.15, 0.2) is 4.99 Å².